The van der Waals surface area contributed by atoms with Gasteiger partial charge in [-0.15, -0.1) is 0 Å². The molecule has 0 bridgehead atoms. The van der Waals surface area contributed by atoms with Gasteiger partial charge >= 0.3 is 6.03 Å². The van der Waals surface area contributed by atoms with Crippen molar-refractivity contribution in [3.8, 4) is 11.5 Å². The van der Waals surface area contributed by atoms with E-state index < -0.39 is 23.7 Å². The number of ether oxygens (including phenoxy) is 2. The van der Waals surface area contributed by atoms with E-state index in [4.69, 9.17) is 9.47 Å². The molecule has 0 saturated heterocycles. The van der Waals surface area contributed by atoms with Gasteiger partial charge < -0.3 is 20.1 Å². The fourth-order valence-corrected chi connectivity index (χ4v) is 2.25. The predicted molar refractivity (Wildman–Crippen MR) is 86.5 cm³/mol. The van der Waals surface area contributed by atoms with Crippen molar-refractivity contribution in [2.75, 3.05) is 19.5 Å². The number of urea groups is 1. The van der Waals surface area contributed by atoms with Crippen LogP contribution in [0.4, 0.5) is 19.3 Å². The zero-order chi connectivity index (χ0) is 17.7. The largest absolute Gasteiger partial charge is 0.497 e. The maximum Gasteiger partial charge on any atom is 0.319 e. The first kappa shape index (κ1) is 17.5. The van der Waals surface area contributed by atoms with Crippen molar-refractivity contribution in [3.05, 3.63) is 53.6 Å². The molecule has 0 radical (unpaired) electrons. The molecule has 0 aromatic heterocycles. The van der Waals surface area contributed by atoms with Crippen LogP contribution in [-0.2, 0) is 0 Å². The van der Waals surface area contributed by atoms with E-state index in [1.165, 1.54) is 14.2 Å². The first-order chi connectivity index (χ1) is 11.4. The first-order valence-corrected chi connectivity index (χ1v) is 7.18. The SMILES string of the molecule is COc1ccc(OC)c(C(C)NC(=O)Nc2cc(F)cc(F)c2)c1. The molecule has 128 valence electrons. The summed E-state index contributed by atoms with van der Waals surface area (Å²) in [7, 11) is 3.06. The van der Waals surface area contributed by atoms with Crippen molar-refractivity contribution < 1.29 is 23.0 Å². The average molecular weight is 336 g/mol. The minimum Gasteiger partial charge on any atom is -0.497 e. The molecule has 2 aromatic carbocycles. The summed E-state index contributed by atoms with van der Waals surface area (Å²) < 4.78 is 36.7. The number of methoxy groups -OCH3 is 2. The molecule has 1 unspecified atom stereocenters. The van der Waals surface area contributed by atoms with Crippen molar-refractivity contribution in [1.82, 2.24) is 5.32 Å². The number of hydrogen-bond acceptors (Lipinski definition) is 3. The summed E-state index contributed by atoms with van der Waals surface area (Å²) in [6.07, 6.45) is 0. The van der Waals surface area contributed by atoms with Crippen LogP contribution in [-0.4, -0.2) is 20.3 Å². The van der Waals surface area contributed by atoms with Crippen molar-refractivity contribution >= 4 is 11.7 Å². The second-order valence-electron chi connectivity index (χ2n) is 5.09. The van der Waals surface area contributed by atoms with Gasteiger partial charge in [-0.05, 0) is 37.3 Å². The Kier molecular flexibility index (Phi) is 5.57. The zero-order valence-corrected chi connectivity index (χ0v) is 13.5. The molecule has 0 spiro atoms. The monoisotopic (exact) mass is 336 g/mol. The summed E-state index contributed by atoms with van der Waals surface area (Å²) in [6.45, 7) is 1.75. The number of nitrogens with one attached hydrogen (secondary N) is 2. The topological polar surface area (TPSA) is 59.6 Å². The summed E-state index contributed by atoms with van der Waals surface area (Å²) >= 11 is 0. The van der Waals surface area contributed by atoms with Gasteiger partial charge in [-0.1, -0.05) is 0 Å². The molecule has 24 heavy (non-hydrogen) atoms. The molecule has 7 heteroatoms. The lowest BCUT2D eigenvalue weighted by atomic mass is 10.1. The highest BCUT2D eigenvalue weighted by molar-refractivity contribution is 5.89. The molecule has 0 aliphatic rings. The number of anilines is 1. The highest BCUT2D eigenvalue weighted by Gasteiger charge is 2.15. The Bertz CT molecular complexity index is 718. The van der Waals surface area contributed by atoms with Gasteiger partial charge in [0.15, 0.2) is 0 Å². The Balaban J connectivity index is 2.11. The molecule has 2 N–H and O–H groups in total. The second-order valence-corrected chi connectivity index (χ2v) is 5.09. The molecule has 0 aliphatic heterocycles. The van der Waals surface area contributed by atoms with Crippen LogP contribution in [0.2, 0.25) is 0 Å². The molecule has 2 rings (SSSR count). The van der Waals surface area contributed by atoms with E-state index in [9.17, 15) is 13.6 Å². The van der Waals surface area contributed by atoms with Crippen LogP contribution in [0, 0.1) is 11.6 Å². The summed E-state index contributed by atoms with van der Waals surface area (Å²) in [4.78, 5) is 12.0. The smallest absolute Gasteiger partial charge is 0.319 e. The fourth-order valence-electron chi connectivity index (χ4n) is 2.25. The Hall–Kier alpha value is -2.83. The number of hydrogen-bond donors (Lipinski definition) is 2. The van der Waals surface area contributed by atoms with Gasteiger partial charge in [0.1, 0.15) is 23.1 Å². The number of rotatable bonds is 5. The minimum absolute atomic E-state index is 0.0230. The lowest BCUT2D eigenvalue weighted by molar-refractivity contribution is 0.249. The van der Waals surface area contributed by atoms with E-state index in [0.717, 1.165) is 18.2 Å². The summed E-state index contributed by atoms with van der Waals surface area (Å²) in [5, 5.41) is 5.07. The average Bonchev–Trinajstić information content (AvgIpc) is 2.52. The maximum absolute atomic E-state index is 13.1. The molecule has 2 amide bonds. The Morgan fingerprint density at radius 1 is 1.04 bits per heavy atom. The number of carbonyl (C=O) groups excluding carboxylic acids is 1. The quantitative estimate of drug-likeness (QED) is 0.871. The van der Waals surface area contributed by atoms with Crippen molar-refractivity contribution in [2.24, 2.45) is 0 Å². The number of benzene rings is 2. The van der Waals surface area contributed by atoms with Crippen LogP contribution in [0.15, 0.2) is 36.4 Å². The fraction of sp³-hybridized carbons (Fsp3) is 0.235. The van der Waals surface area contributed by atoms with Gasteiger partial charge in [0.25, 0.3) is 0 Å². The Morgan fingerprint density at radius 2 is 1.71 bits per heavy atom. The van der Waals surface area contributed by atoms with Crippen LogP contribution in [0.1, 0.15) is 18.5 Å². The molecule has 0 aliphatic carbocycles. The lowest BCUT2D eigenvalue weighted by Gasteiger charge is -2.18. The van der Waals surface area contributed by atoms with Crippen LogP contribution < -0.4 is 20.1 Å². The predicted octanol–water partition coefficient (Wildman–Crippen LogP) is 3.86. The van der Waals surface area contributed by atoms with Crippen LogP contribution >= 0.6 is 0 Å². The van der Waals surface area contributed by atoms with Gasteiger partial charge in [0.05, 0.1) is 20.3 Å². The van der Waals surface area contributed by atoms with Gasteiger partial charge in [0, 0.05) is 17.3 Å². The second kappa shape index (κ2) is 7.63. The molecule has 0 heterocycles. The minimum atomic E-state index is -0.771. The highest BCUT2D eigenvalue weighted by atomic mass is 19.1. The standard InChI is InChI=1S/C17H18F2N2O3/c1-10(15-9-14(23-2)4-5-16(15)24-3)20-17(22)21-13-7-11(18)6-12(19)8-13/h4-10H,1-3H3,(H2,20,21,22). The number of amides is 2. The van der Waals surface area contributed by atoms with E-state index in [0.29, 0.717) is 17.1 Å². The maximum atomic E-state index is 13.1. The first-order valence-electron chi connectivity index (χ1n) is 7.18. The summed E-state index contributed by atoms with van der Waals surface area (Å²) in [5.41, 5.74) is 0.729. The third-order valence-electron chi connectivity index (χ3n) is 3.37. The zero-order valence-electron chi connectivity index (χ0n) is 13.5. The van der Waals surface area contributed by atoms with Gasteiger partial charge in [-0.3, -0.25) is 0 Å². The van der Waals surface area contributed by atoms with E-state index >= 15 is 0 Å². The van der Waals surface area contributed by atoms with E-state index in [2.05, 4.69) is 10.6 Å². The lowest BCUT2D eigenvalue weighted by Crippen LogP contribution is -2.31. The molecule has 0 fully saturated rings. The Labute approximate surface area is 138 Å². The molecule has 1 atom stereocenters. The normalized spacial score (nSPS) is 11.5. The van der Waals surface area contributed by atoms with Gasteiger partial charge in [-0.25, -0.2) is 13.6 Å². The molecular weight excluding hydrogens is 318 g/mol. The van der Waals surface area contributed by atoms with E-state index in [-0.39, 0.29) is 5.69 Å². The highest BCUT2D eigenvalue weighted by Crippen LogP contribution is 2.29. The summed E-state index contributed by atoms with van der Waals surface area (Å²) in [6, 6.07) is 6.97. The van der Waals surface area contributed by atoms with E-state index in [1.54, 1.807) is 25.1 Å². The Morgan fingerprint density at radius 3 is 2.29 bits per heavy atom. The molecule has 0 saturated carbocycles. The van der Waals surface area contributed by atoms with Crippen molar-refractivity contribution in [1.29, 1.82) is 0 Å². The van der Waals surface area contributed by atoms with Crippen LogP contribution in [0.3, 0.4) is 0 Å². The molecule has 2 aromatic rings. The number of carbonyl (C=O) groups is 1. The third kappa shape index (κ3) is 4.34. The van der Waals surface area contributed by atoms with Gasteiger partial charge in [-0.2, -0.15) is 0 Å². The van der Waals surface area contributed by atoms with Crippen LogP contribution in [0.5, 0.6) is 11.5 Å². The third-order valence-corrected chi connectivity index (χ3v) is 3.37. The molecule has 5 nitrogen and oxygen atoms in total. The van der Waals surface area contributed by atoms with Crippen molar-refractivity contribution in [2.45, 2.75) is 13.0 Å². The van der Waals surface area contributed by atoms with Crippen molar-refractivity contribution in [3.63, 3.8) is 0 Å². The van der Waals surface area contributed by atoms with Gasteiger partial charge in [0.2, 0.25) is 0 Å². The van der Waals surface area contributed by atoms with E-state index in [1.807, 2.05) is 0 Å². The molecular formula is C17H18F2N2O3. The summed E-state index contributed by atoms with van der Waals surface area (Å²) in [5.74, 6) is -0.340. The number of halogens is 2. The van der Waals surface area contributed by atoms with Crippen LogP contribution in [0.25, 0.3) is 0 Å².